The minimum absolute atomic E-state index is 0.333. The smallest absolute Gasteiger partial charge is 0.339 e. The average molecular weight is 341 g/mol. The van der Waals surface area contributed by atoms with E-state index < -0.39 is 0 Å². The van der Waals surface area contributed by atoms with Gasteiger partial charge in [0.15, 0.2) is 0 Å². The predicted octanol–water partition coefficient (Wildman–Crippen LogP) is 1.99. The molecule has 2 aromatic rings. The normalized spacial score (nSPS) is 14.5. The van der Waals surface area contributed by atoms with Gasteiger partial charge in [0.1, 0.15) is 17.5 Å². The van der Waals surface area contributed by atoms with Crippen molar-refractivity contribution in [3.8, 4) is 0 Å². The molecule has 0 amide bonds. The zero-order valence-electron chi connectivity index (χ0n) is 14.9. The molecule has 3 heterocycles. The van der Waals surface area contributed by atoms with Gasteiger partial charge in [0.05, 0.1) is 12.2 Å². The van der Waals surface area contributed by atoms with Gasteiger partial charge in [0.25, 0.3) is 0 Å². The SMILES string of the molecule is CCOC(=O)c1ccc(N2CCN(c3cc(C)nc(C)n3)CC2)nc1. The van der Waals surface area contributed by atoms with Crippen molar-refractivity contribution < 1.29 is 9.53 Å². The molecule has 0 radical (unpaired) electrons. The Hall–Kier alpha value is -2.70. The number of pyridine rings is 1. The van der Waals surface area contributed by atoms with Crippen molar-refractivity contribution >= 4 is 17.6 Å². The lowest BCUT2D eigenvalue weighted by molar-refractivity contribution is 0.0526. The van der Waals surface area contributed by atoms with E-state index in [0.29, 0.717) is 12.2 Å². The molecule has 25 heavy (non-hydrogen) atoms. The van der Waals surface area contributed by atoms with Gasteiger partial charge < -0.3 is 14.5 Å². The number of carbonyl (C=O) groups excluding carboxylic acids is 1. The number of aryl methyl sites for hydroxylation is 2. The zero-order valence-corrected chi connectivity index (χ0v) is 14.9. The molecule has 0 N–H and O–H groups in total. The minimum atomic E-state index is -0.333. The summed E-state index contributed by atoms with van der Waals surface area (Å²) in [6.45, 7) is 9.52. The van der Waals surface area contributed by atoms with Gasteiger partial charge in [-0.2, -0.15) is 0 Å². The number of piperazine rings is 1. The lowest BCUT2D eigenvalue weighted by atomic mass is 10.2. The standard InChI is InChI=1S/C18H23N5O2/c1-4-25-18(24)15-5-6-16(19-12-15)22-7-9-23(10-8-22)17-11-13(2)20-14(3)21-17/h5-6,11-12H,4,7-10H2,1-3H3. The monoisotopic (exact) mass is 341 g/mol. The number of ether oxygens (including phenoxy) is 1. The van der Waals surface area contributed by atoms with Gasteiger partial charge in [0.2, 0.25) is 0 Å². The van der Waals surface area contributed by atoms with Gasteiger partial charge in [-0.05, 0) is 32.9 Å². The molecule has 0 aliphatic carbocycles. The van der Waals surface area contributed by atoms with Crippen molar-refractivity contribution in [2.75, 3.05) is 42.6 Å². The Labute approximate surface area is 147 Å². The number of carbonyl (C=O) groups is 1. The van der Waals surface area contributed by atoms with Crippen LogP contribution in [-0.2, 0) is 4.74 Å². The summed E-state index contributed by atoms with van der Waals surface area (Å²) in [4.78, 5) is 29.5. The lowest BCUT2D eigenvalue weighted by Crippen LogP contribution is -2.47. The van der Waals surface area contributed by atoms with Crippen LogP contribution in [0.3, 0.4) is 0 Å². The molecule has 1 fully saturated rings. The highest BCUT2D eigenvalue weighted by molar-refractivity contribution is 5.89. The van der Waals surface area contributed by atoms with Crippen LogP contribution in [0.2, 0.25) is 0 Å². The van der Waals surface area contributed by atoms with Gasteiger partial charge in [-0.3, -0.25) is 0 Å². The van der Waals surface area contributed by atoms with Gasteiger partial charge >= 0.3 is 5.97 Å². The van der Waals surface area contributed by atoms with Crippen LogP contribution in [0.1, 0.15) is 28.8 Å². The van der Waals surface area contributed by atoms with Crippen molar-refractivity contribution in [3.05, 3.63) is 41.5 Å². The Morgan fingerprint density at radius 3 is 2.32 bits per heavy atom. The topological polar surface area (TPSA) is 71.5 Å². The highest BCUT2D eigenvalue weighted by atomic mass is 16.5. The van der Waals surface area contributed by atoms with Crippen LogP contribution >= 0.6 is 0 Å². The summed E-state index contributed by atoms with van der Waals surface area (Å²) in [5.74, 6) is 2.33. The molecule has 132 valence electrons. The van der Waals surface area contributed by atoms with Crippen LogP contribution in [0.25, 0.3) is 0 Å². The molecule has 1 saturated heterocycles. The number of esters is 1. The third kappa shape index (κ3) is 4.04. The fraction of sp³-hybridized carbons (Fsp3) is 0.444. The first-order chi connectivity index (χ1) is 12.1. The van der Waals surface area contributed by atoms with E-state index in [4.69, 9.17) is 4.74 Å². The quantitative estimate of drug-likeness (QED) is 0.788. The first-order valence-corrected chi connectivity index (χ1v) is 8.52. The molecular formula is C18H23N5O2. The predicted molar refractivity (Wildman–Crippen MR) is 96.1 cm³/mol. The van der Waals surface area contributed by atoms with Crippen LogP contribution in [0.5, 0.6) is 0 Å². The molecule has 0 unspecified atom stereocenters. The van der Waals surface area contributed by atoms with E-state index in [-0.39, 0.29) is 5.97 Å². The Morgan fingerprint density at radius 1 is 1.08 bits per heavy atom. The molecule has 0 atom stereocenters. The largest absolute Gasteiger partial charge is 0.462 e. The molecule has 1 aliphatic heterocycles. The Balaban J connectivity index is 1.63. The first-order valence-electron chi connectivity index (χ1n) is 8.52. The Kier molecular flexibility index (Phi) is 5.11. The number of hydrogen-bond donors (Lipinski definition) is 0. The summed E-state index contributed by atoms with van der Waals surface area (Å²) in [6, 6.07) is 5.67. The fourth-order valence-electron chi connectivity index (χ4n) is 2.93. The molecular weight excluding hydrogens is 318 g/mol. The molecule has 7 heteroatoms. The van der Waals surface area contributed by atoms with Crippen LogP contribution in [-0.4, -0.2) is 53.7 Å². The summed E-state index contributed by atoms with van der Waals surface area (Å²) < 4.78 is 4.98. The van der Waals surface area contributed by atoms with Gasteiger partial charge in [0, 0.05) is 44.1 Å². The molecule has 0 spiro atoms. The van der Waals surface area contributed by atoms with E-state index in [2.05, 4.69) is 24.8 Å². The van der Waals surface area contributed by atoms with E-state index in [9.17, 15) is 4.79 Å². The summed E-state index contributed by atoms with van der Waals surface area (Å²) in [6.07, 6.45) is 1.58. The van der Waals surface area contributed by atoms with Crippen molar-refractivity contribution in [1.82, 2.24) is 15.0 Å². The van der Waals surface area contributed by atoms with Crippen molar-refractivity contribution in [1.29, 1.82) is 0 Å². The van der Waals surface area contributed by atoms with Crippen LogP contribution in [0.15, 0.2) is 24.4 Å². The first kappa shape index (κ1) is 17.1. The third-order valence-electron chi connectivity index (χ3n) is 4.14. The molecule has 3 rings (SSSR count). The number of aromatic nitrogens is 3. The maximum absolute atomic E-state index is 11.7. The molecule has 2 aromatic heterocycles. The van der Waals surface area contributed by atoms with E-state index >= 15 is 0 Å². The van der Waals surface area contributed by atoms with Crippen molar-refractivity contribution in [3.63, 3.8) is 0 Å². The van der Waals surface area contributed by atoms with Gasteiger partial charge in [-0.1, -0.05) is 0 Å². The zero-order chi connectivity index (χ0) is 17.8. The average Bonchev–Trinajstić information content (AvgIpc) is 2.61. The molecule has 1 aliphatic rings. The van der Waals surface area contributed by atoms with Crippen molar-refractivity contribution in [2.24, 2.45) is 0 Å². The second-order valence-corrected chi connectivity index (χ2v) is 6.01. The highest BCUT2D eigenvalue weighted by Gasteiger charge is 2.20. The second-order valence-electron chi connectivity index (χ2n) is 6.01. The maximum Gasteiger partial charge on any atom is 0.339 e. The summed E-state index contributed by atoms with van der Waals surface area (Å²) in [7, 11) is 0. The molecule has 7 nitrogen and oxygen atoms in total. The van der Waals surface area contributed by atoms with E-state index in [1.54, 1.807) is 19.2 Å². The molecule has 0 bridgehead atoms. The summed E-state index contributed by atoms with van der Waals surface area (Å²) >= 11 is 0. The number of anilines is 2. The number of hydrogen-bond acceptors (Lipinski definition) is 7. The van der Waals surface area contributed by atoms with Gasteiger partial charge in [-0.15, -0.1) is 0 Å². The van der Waals surface area contributed by atoms with Crippen molar-refractivity contribution in [2.45, 2.75) is 20.8 Å². The lowest BCUT2D eigenvalue weighted by Gasteiger charge is -2.36. The molecule has 0 aromatic carbocycles. The van der Waals surface area contributed by atoms with E-state index in [1.807, 2.05) is 26.0 Å². The fourth-order valence-corrected chi connectivity index (χ4v) is 2.93. The highest BCUT2D eigenvalue weighted by Crippen LogP contribution is 2.18. The molecule has 0 saturated carbocycles. The van der Waals surface area contributed by atoms with Crippen LogP contribution in [0, 0.1) is 13.8 Å². The summed E-state index contributed by atoms with van der Waals surface area (Å²) in [5.41, 5.74) is 1.47. The second kappa shape index (κ2) is 7.46. The Morgan fingerprint density at radius 2 is 1.76 bits per heavy atom. The van der Waals surface area contributed by atoms with E-state index in [1.165, 1.54) is 0 Å². The van der Waals surface area contributed by atoms with Crippen LogP contribution in [0.4, 0.5) is 11.6 Å². The minimum Gasteiger partial charge on any atom is -0.462 e. The number of nitrogens with zero attached hydrogens (tertiary/aromatic N) is 5. The van der Waals surface area contributed by atoms with Gasteiger partial charge in [-0.25, -0.2) is 19.7 Å². The maximum atomic E-state index is 11.7. The van der Waals surface area contributed by atoms with Crippen LogP contribution < -0.4 is 9.80 Å². The van der Waals surface area contributed by atoms with E-state index in [0.717, 1.165) is 49.3 Å². The Bertz CT molecular complexity index is 719. The number of rotatable bonds is 4. The summed E-state index contributed by atoms with van der Waals surface area (Å²) in [5, 5.41) is 0. The third-order valence-corrected chi connectivity index (χ3v) is 4.14.